The molecule has 5 heteroatoms. The van der Waals surface area contributed by atoms with Crippen molar-refractivity contribution < 1.29 is 0 Å². The van der Waals surface area contributed by atoms with Crippen molar-refractivity contribution in [3.05, 3.63) is 24.8 Å². The van der Waals surface area contributed by atoms with E-state index in [0.29, 0.717) is 6.04 Å². The van der Waals surface area contributed by atoms with Crippen LogP contribution in [-0.4, -0.2) is 19.3 Å². The first-order chi connectivity index (χ1) is 8.20. The van der Waals surface area contributed by atoms with Gasteiger partial charge in [-0.2, -0.15) is 5.10 Å². The van der Waals surface area contributed by atoms with Crippen LogP contribution in [-0.2, 0) is 6.54 Å². The van der Waals surface area contributed by atoms with Crippen LogP contribution < -0.4 is 5.32 Å². The zero-order chi connectivity index (χ0) is 12.3. The summed E-state index contributed by atoms with van der Waals surface area (Å²) in [6.07, 6.45) is 8.71. The molecule has 0 aliphatic heterocycles. The van der Waals surface area contributed by atoms with E-state index in [2.05, 4.69) is 40.7 Å². The number of rotatable bonds is 5. The molecule has 2 heterocycles. The maximum atomic E-state index is 4.30. The molecule has 0 radical (unpaired) electrons. The van der Waals surface area contributed by atoms with Gasteiger partial charge in [0.1, 0.15) is 0 Å². The molecule has 1 N–H and O–H groups in total. The molecule has 0 saturated carbocycles. The second-order valence-electron chi connectivity index (χ2n) is 4.37. The van der Waals surface area contributed by atoms with Crippen LogP contribution in [0, 0.1) is 0 Å². The summed E-state index contributed by atoms with van der Waals surface area (Å²) in [6, 6.07) is 0.376. The average molecular weight is 233 g/mol. The summed E-state index contributed by atoms with van der Waals surface area (Å²) in [5.74, 6) is 0.871. The molecule has 17 heavy (non-hydrogen) atoms. The summed E-state index contributed by atoms with van der Waals surface area (Å²) >= 11 is 0. The molecule has 0 atom stereocenters. The van der Waals surface area contributed by atoms with Crippen LogP contribution in [0.25, 0.3) is 0 Å². The minimum atomic E-state index is 0.376. The predicted octanol–water partition coefficient (Wildman–Crippen LogP) is 2.81. The molecule has 0 spiro atoms. The van der Waals surface area contributed by atoms with Crippen molar-refractivity contribution in [3.63, 3.8) is 0 Å². The molecule has 0 bridgehead atoms. The third-order valence-corrected chi connectivity index (χ3v) is 2.57. The highest BCUT2D eigenvalue weighted by molar-refractivity contribution is 5.50. The summed E-state index contributed by atoms with van der Waals surface area (Å²) in [4.78, 5) is 4.30. The van der Waals surface area contributed by atoms with Gasteiger partial charge >= 0.3 is 0 Å². The first-order valence-corrected chi connectivity index (χ1v) is 6.03. The lowest BCUT2D eigenvalue weighted by atomic mass is 10.4. The van der Waals surface area contributed by atoms with E-state index in [0.717, 1.165) is 24.6 Å². The van der Waals surface area contributed by atoms with Gasteiger partial charge in [0.2, 0.25) is 5.95 Å². The normalized spacial score (nSPS) is 11.1. The van der Waals surface area contributed by atoms with Gasteiger partial charge in [-0.05, 0) is 20.3 Å². The van der Waals surface area contributed by atoms with Crippen molar-refractivity contribution in [2.75, 3.05) is 5.32 Å². The topological polar surface area (TPSA) is 47.7 Å². The van der Waals surface area contributed by atoms with Crippen LogP contribution in [0.15, 0.2) is 24.8 Å². The Hall–Kier alpha value is -1.78. The SMILES string of the molecule is CCCn1ccnc1Nc1cnn(C(C)C)c1. The van der Waals surface area contributed by atoms with Crippen LogP contribution in [0.5, 0.6) is 0 Å². The molecule has 92 valence electrons. The van der Waals surface area contributed by atoms with Gasteiger partial charge in [-0.1, -0.05) is 6.92 Å². The number of aromatic nitrogens is 4. The van der Waals surface area contributed by atoms with Crippen molar-refractivity contribution in [2.45, 2.75) is 39.8 Å². The fourth-order valence-electron chi connectivity index (χ4n) is 1.67. The highest BCUT2D eigenvalue weighted by Crippen LogP contribution is 2.16. The Morgan fingerprint density at radius 3 is 2.88 bits per heavy atom. The maximum absolute atomic E-state index is 4.30. The van der Waals surface area contributed by atoms with Crippen molar-refractivity contribution in [1.29, 1.82) is 0 Å². The average Bonchev–Trinajstić information content (AvgIpc) is 2.90. The van der Waals surface area contributed by atoms with Crippen LogP contribution in [0.1, 0.15) is 33.2 Å². The van der Waals surface area contributed by atoms with Crippen molar-refractivity contribution in [3.8, 4) is 0 Å². The standard InChI is InChI=1S/C12H19N5/c1-4-6-16-7-5-13-12(16)15-11-8-14-17(9-11)10(2)3/h5,7-10H,4,6H2,1-3H3,(H,13,15). The third-order valence-electron chi connectivity index (χ3n) is 2.57. The van der Waals surface area contributed by atoms with Gasteiger partial charge in [-0.25, -0.2) is 4.98 Å². The van der Waals surface area contributed by atoms with Gasteiger partial charge in [0.15, 0.2) is 0 Å². The van der Waals surface area contributed by atoms with Gasteiger partial charge < -0.3 is 9.88 Å². The Morgan fingerprint density at radius 2 is 2.24 bits per heavy atom. The molecule has 0 fully saturated rings. The van der Waals surface area contributed by atoms with E-state index in [1.807, 2.05) is 29.5 Å². The fourth-order valence-corrected chi connectivity index (χ4v) is 1.67. The Labute approximate surface area is 101 Å². The summed E-state index contributed by atoms with van der Waals surface area (Å²) in [7, 11) is 0. The van der Waals surface area contributed by atoms with Gasteiger partial charge in [0.25, 0.3) is 0 Å². The van der Waals surface area contributed by atoms with Gasteiger partial charge in [0, 0.05) is 31.2 Å². The van der Waals surface area contributed by atoms with E-state index in [1.54, 1.807) is 0 Å². The van der Waals surface area contributed by atoms with Crippen LogP contribution >= 0.6 is 0 Å². The molecule has 0 aromatic carbocycles. The van der Waals surface area contributed by atoms with E-state index >= 15 is 0 Å². The highest BCUT2D eigenvalue weighted by Gasteiger charge is 2.05. The molecule has 0 amide bonds. The largest absolute Gasteiger partial charge is 0.323 e. The molecular weight excluding hydrogens is 214 g/mol. The number of hydrogen-bond donors (Lipinski definition) is 1. The molecule has 2 rings (SSSR count). The molecule has 0 saturated heterocycles. The Bertz CT molecular complexity index is 469. The van der Waals surface area contributed by atoms with Crippen molar-refractivity contribution >= 4 is 11.6 Å². The Morgan fingerprint density at radius 1 is 1.41 bits per heavy atom. The summed E-state index contributed by atoms with van der Waals surface area (Å²) in [6.45, 7) is 7.34. The molecule has 2 aromatic rings. The van der Waals surface area contributed by atoms with Gasteiger partial charge in [-0.15, -0.1) is 0 Å². The van der Waals surface area contributed by atoms with Crippen LogP contribution in [0.2, 0.25) is 0 Å². The van der Waals surface area contributed by atoms with E-state index in [9.17, 15) is 0 Å². The minimum Gasteiger partial charge on any atom is -0.323 e. The second kappa shape index (κ2) is 5.03. The van der Waals surface area contributed by atoms with E-state index in [1.165, 1.54) is 0 Å². The number of nitrogens with one attached hydrogen (secondary N) is 1. The van der Waals surface area contributed by atoms with Gasteiger partial charge in [0.05, 0.1) is 11.9 Å². The number of nitrogens with zero attached hydrogens (tertiary/aromatic N) is 4. The summed E-state index contributed by atoms with van der Waals surface area (Å²) in [5, 5.41) is 7.57. The highest BCUT2D eigenvalue weighted by atomic mass is 15.3. The van der Waals surface area contributed by atoms with Crippen LogP contribution in [0.4, 0.5) is 11.6 Å². The smallest absolute Gasteiger partial charge is 0.207 e. The van der Waals surface area contributed by atoms with Crippen molar-refractivity contribution in [2.24, 2.45) is 0 Å². The second-order valence-corrected chi connectivity index (χ2v) is 4.37. The lowest BCUT2D eigenvalue weighted by molar-refractivity contribution is 0.532. The molecule has 2 aromatic heterocycles. The monoisotopic (exact) mass is 233 g/mol. The molecule has 0 aliphatic rings. The Balaban J connectivity index is 2.11. The van der Waals surface area contributed by atoms with E-state index in [4.69, 9.17) is 0 Å². The lowest BCUT2D eigenvalue weighted by Crippen LogP contribution is -2.02. The summed E-state index contributed by atoms with van der Waals surface area (Å²) in [5.41, 5.74) is 0.974. The maximum Gasteiger partial charge on any atom is 0.207 e. The Kier molecular flexibility index (Phi) is 3.46. The van der Waals surface area contributed by atoms with Crippen molar-refractivity contribution in [1.82, 2.24) is 19.3 Å². The number of aryl methyl sites for hydroxylation is 1. The van der Waals surface area contributed by atoms with Crippen LogP contribution in [0.3, 0.4) is 0 Å². The lowest BCUT2D eigenvalue weighted by Gasteiger charge is -2.07. The predicted molar refractivity (Wildman–Crippen MR) is 68.4 cm³/mol. The van der Waals surface area contributed by atoms with E-state index < -0.39 is 0 Å². The molecule has 0 unspecified atom stereocenters. The number of anilines is 2. The van der Waals surface area contributed by atoms with E-state index in [-0.39, 0.29) is 0 Å². The fraction of sp³-hybridized carbons (Fsp3) is 0.500. The van der Waals surface area contributed by atoms with Gasteiger partial charge in [-0.3, -0.25) is 4.68 Å². The minimum absolute atomic E-state index is 0.376. The first-order valence-electron chi connectivity index (χ1n) is 6.03. The third kappa shape index (κ3) is 2.67. The first kappa shape index (κ1) is 11.7. The molecule has 5 nitrogen and oxygen atoms in total. The quantitative estimate of drug-likeness (QED) is 0.863. The summed E-state index contributed by atoms with van der Waals surface area (Å²) < 4.78 is 4.03. The zero-order valence-electron chi connectivity index (χ0n) is 10.6. The number of imidazole rings is 1. The molecular formula is C12H19N5. The number of hydrogen-bond acceptors (Lipinski definition) is 3. The zero-order valence-corrected chi connectivity index (χ0v) is 10.6. The molecule has 0 aliphatic carbocycles.